The predicted octanol–water partition coefficient (Wildman–Crippen LogP) is 4.96. The van der Waals surface area contributed by atoms with Crippen LogP contribution >= 0.6 is 11.6 Å². The predicted molar refractivity (Wildman–Crippen MR) is 132 cm³/mol. The number of hydrogen-bond acceptors (Lipinski definition) is 7. The molecule has 0 spiro atoms. The molecule has 8 nitrogen and oxygen atoms in total. The SMILES string of the molecule is N#CC1CCCCCC1Nc1cc(C(=O)Nc2ccc(OC(F)(F)Cl)cc2)cnc1N1CC[C@@H](O)C1. The number of nitrogens with one attached hydrogen (secondary N) is 2. The number of halogens is 3. The maximum absolute atomic E-state index is 13.0. The Hall–Kier alpha value is -3.16. The number of aliphatic hydroxyl groups excluding tert-OH is 1. The maximum Gasteiger partial charge on any atom is 0.487 e. The lowest BCUT2D eigenvalue weighted by atomic mass is 9.96. The first kappa shape index (κ1) is 25.9. The van der Waals surface area contributed by atoms with Gasteiger partial charge >= 0.3 is 5.57 Å². The molecule has 1 aromatic carbocycles. The molecule has 1 amide bonds. The molecule has 1 aliphatic heterocycles. The quantitative estimate of drug-likeness (QED) is 0.350. The second-order valence-corrected chi connectivity index (χ2v) is 9.57. The van der Waals surface area contributed by atoms with Crippen LogP contribution in [0.15, 0.2) is 36.5 Å². The van der Waals surface area contributed by atoms with Gasteiger partial charge in [-0.05, 0) is 49.6 Å². The van der Waals surface area contributed by atoms with E-state index >= 15 is 0 Å². The molecule has 3 N–H and O–H groups in total. The highest BCUT2D eigenvalue weighted by Gasteiger charge is 2.29. The summed E-state index contributed by atoms with van der Waals surface area (Å²) in [6, 6.07) is 9.43. The van der Waals surface area contributed by atoms with Crippen molar-refractivity contribution < 1.29 is 23.4 Å². The number of β-amino-alcohol motifs (C(OH)–C–C–N with tert-alkyl or cyclic N) is 1. The third kappa shape index (κ3) is 6.74. The molecule has 4 rings (SSSR count). The molecule has 1 aliphatic carbocycles. The monoisotopic (exact) mass is 519 g/mol. The summed E-state index contributed by atoms with van der Waals surface area (Å²) < 4.78 is 29.9. The van der Waals surface area contributed by atoms with Crippen LogP contribution < -0.4 is 20.3 Å². The van der Waals surface area contributed by atoms with Crippen LogP contribution in [0.5, 0.6) is 5.75 Å². The van der Waals surface area contributed by atoms with E-state index < -0.39 is 17.6 Å². The fourth-order valence-corrected chi connectivity index (χ4v) is 4.74. The number of carbonyl (C=O) groups excluding carboxylic acids is 1. The van der Waals surface area contributed by atoms with Crippen LogP contribution in [0.1, 0.15) is 48.9 Å². The van der Waals surface area contributed by atoms with Gasteiger partial charge in [-0.2, -0.15) is 5.26 Å². The molecule has 192 valence electrons. The van der Waals surface area contributed by atoms with Crippen molar-refractivity contribution >= 4 is 34.7 Å². The van der Waals surface area contributed by atoms with Gasteiger partial charge in [0.25, 0.3) is 5.91 Å². The molecule has 2 fully saturated rings. The molecule has 36 heavy (non-hydrogen) atoms. The van der Waals surface area contributed by atoms with E-state index in [1.165, 1.54) is 30.5 Å². The van der Waals surface area contributed by atoms with E-state index in [9.17, 15) is 23.9 Å². The Kier molecular flexibility index (Phi) is 8.11. The fraction of sp³-hybridized carbons (Fsp3) is 0.480. The van der Waals surface area contributed by atoms with Gasteiger partial charge in [0.1, 0.15) is 5.75 Å². The van der Waals surface area contributed by atoms with Crippen molar-refractivity contribution in [2.75, 3.05) is 28.6 Å². The zero-order chi connectivity index (χ0) is 25.7. The van der Waals surface area contributed by atoms with Crippen molar-refractivity contribution in [2.24, 2.45) is 5.92 Å². The molecule has 11 heteroatoms. The number of nitrogens with zero attached hydrogens (tertiary/aromatic N) is 3. The number of rotatable bonds is 7. The topological polar surface area (TPSA) is 111 Å². The van der Waals surface area contributed by atoms with Gasteiger partial charge in [-0.25, -0.2) is 4.98 Å². The summed E-state index contributed by atoms with van der Waals surface area (Å²) in [5.41, 5.74) is -2.53. The van der Waals surface area contributed by atoms with Crippen LogP contribution in [-0.2, 0) is 0 Å². The number of ether oxygens (including phenoxy) is 1. The van der Waals surface area contributed by atoms with E-state index in [-0.39, 0.29) is 23.3 Å². The average molecular weight is 520 g/mol. The number of aliphatic hydroxyl groups is 1. The van der Waals surface area contributed by atoms with Crippen molar-refractivity contribution in [1.82, 2.24) is 4.98 Å². The van der Waals surface area contributed by atoms with E-state index in [0.29, 0.717) is 36.7 Å². The van der Waals surface area contributed by atoms with Gasteiger partial charge < -0.3 is 25.4 Å². The molecule has 0 radical (unpaired) electrons. The van der Waals surface area contributed by atoms with E-state index in [1.807, 2.05) is 4.90 Å². The number of amides is 1. The summed E-state index contributed by atoms with van der Waals surface area (Å²) in [4.78, 5) is 19.5. The zero-order valence-electron chi connectivity index (χ0n) is 19.6. The second kappa shape index (κ2) is 11.3. The minimum atomic E-state index is -3.82. The van der Waals surface area contributed by atoms with Crippen molar-refractivity contribution in [2.45, 2.75) is 56.2 Å². The summed E-state index contributed by atoms with van der Waals surface area (Å²) in [7, 11) is 0. The lowest BCUT2D eigenvalue weighted by Crippen LogP contribution is -2.30. The number of pyridine rings is 1. The number of benzene rings is 1. The van der Waals surface area contributed by atoms with Crippen LogP contribution in [0.4, 0.5) is 26.0 Å². The number of nitriles is 1. The minimum Gasteiger partial charge on any atom is -0.420 e. The third-order valence-corrected chi connectivity index (χ3v) is 6.54. The molecular formula is C25H28ClF2N5O3. The van der Waals surface area contributed by atoms with E-state index in [0.717, 1.165) is 32.1 Å². The fourth-order valence-electron chi connectivity index (χ4n) is 4.65. The van der Waals surface area contributed by atoms with Gasteiger partial charge in [-0.3, -0.25) is 4.79 Å². The molecule has 2 heterocycles. The standard InChI is InChI=1S/C25H28ClF2N5O3/c26-25(27,28)36-20-8-6-18(7-9-20)31-24(35)17-12-22(23(30-14-17)33-11-10-19(34)15-33)32-21-5-3-1-2-4-16(21)13-29/h6-9,12,14,16,19,21,32,34H,1-5,10-11,15H2,(H,31,35)/t16?,19-,21?/m1/s1. The highest BCUT2D eigenvalue weighted by molar-refractivity contribution is 6.20. The minimum absolute atomic E-state index is 0.0727. The Balaban J connectivity index is 1.55. The van der Waals surface area contributed by atoms with Gasteiger partial charge in [0.2, 0.25) is 0 Å². The first-order chi connectivity index (χ1) is 17.2. The van der Waals surface area contributed by atoms with Crippen LogP contribution in [0.2, 0.25) is 0 Å². The Labute approximate surface area is 213 Å². The second-order valence-electron chi connectivity index (χ2n) is 9.13. The molecule has 3 atom stereocenters. The van der Waals surface area contributed by atoms with Crippen LogP contribution in [-0.4, -0.2) is 46.8 Å². The van der Waals surface area contributed by atoms with Gasteiger partial charge in [-0.15, -0.1) is 8.78 Å². The largest absolute Gasteiger partial charge is 0.487 e. The van der Waals surface area contributed by atoms with Crippen molar-refractivity contribution in [1.29, 1.82) is 5.26 Å². The summed E-state index contributed by atoms with van der Waals surface area (Å²) in [6.45, 7) is 1.08. The highest BCUT2D eigenvalue weighted by Crippen LogP contribution is 2.33. The van der Waals surface area contributed by atoms with E-state index in [2.05, 4.69) is 26.4 Å². The number of aromatic nitrogens is 1. The lowest BCUT2D eigenvalue weighted by Gasteiger charge is -2.27. The number of alkyl halides is 3. The molecule has 1 saturated carbocycles. The smallest absolute Gasteiger partial charge is 0.420 e. The first-order valence-corrected chi connectivity index (χ1v) is 12.4. The Bertz CT molecular complexity index is 1110. The molecule has 2 aliphatic rings. The summed E-state index contributed by atoms with van der Waals surface area (Å²) in [5.74, 6) is -0.100. The van der Waals surface area contributed by atoms with Crippen LogP contribution in [0.3, 0.4) is 0 Å². The Morgan fingerprint density at radius 2 is 1.97 bits per heavy atom. The molecule has 2 aromatic rings. The Morgan fingerprint density at radius 3 is 2.64 bits per heavy atom. The van der Waals surface area contributed by atoms with Crippen LogP contribution in [0.25, 0.3) is 0 Å². The van der Waals surface area contributed by atoms with Gasteiger partial charge in [0.15, 0.2) is 5.82 Å². The molecule has 1 aromatic heterocycles. The maximum atomic E-state index is 13.0. The number of anilines is 3. The molecule has 2 unspecified atom stereocenters. The van der Waals surface area contributed by atoms with Gasteiger partial charge in [0.05, 0.1) is 29.3 Å². The zero-order valence-corrected chi connectivity index (χ0v) is 20.3. The summed E-state index contributed by atoms with van der Waals surface area (Å²) in [5, 5.41) is 25.9. The highest BCUT2D eigenvalue weighted by atomic mass is 35.5. The van der Waals surface area contributed by atoms with E-state index in [4.69, 9.17) is 11.6 Å². The van der Waals surface area contributed by atoms with Crippen LogP contribution in [0, 0.1) is 17.2 Å². The molecular weight excluding hydrogens is 492 g/mol. The summed E-state index contributed by atoms with van der Waals surface area (Å²) >= 11 is 4.78. The third-order valence-electron chi connectivity index (χ3n) is 6.46. The van der Waals surface area contributed by atoms with Gasteiger partial charge in [-0.1, -0.05) is 19.3 Å². The first-order valence-electron chi connectivity index (χ1n) is 12.0. The molecule has 0 bridgehead atoms. The molecule has 1 saturated heterocycles. The Morgan fingerprint density at radius 1 is 1.22 bits per heavy atom. The lowest BCUT2D eigenvalue weighted by molar-refractivity contribution is -0.0964. The average Bonchev–Trinajstić information content (AvgIpc) is 3.14. The summed E-state index contributed by atoms with van der Waals surface area (Å²) in [6.07, 6.45) is 6.39. The van der Waals surface area contributed by atoms with E-state index in [1.54, 1.807) is 6.07 Å². The number of hydrogen-bond donors (Lipinski definition) is 3. The van der Waals surface area contributed by atoms with Crippen molar-refractivity contribution in [3.05, 3.63) is 42.1 Å². The van der Waals surface area contributed by atoms with Gasteiger partial charge in [0, 0.05) is 42.6 Å². The number of carbonyl (C=O) groups is 1. The van der Waals surface area contributed by atoms with Crippen molar-refractivity contribution in [3.63, 3.8) is 0 Å². The normalized spacial score (nSPS) is 22.4. The van der Waals surface area contributed by atoms with Crippen molar-refractivity contribution in [3.8, 4) is 11.8 Å².